The van der Waals surface area contributed by atoms with Crippen LogP contribution in [0, 0.1) is 6.92 Å². The van der Waals surface area contributed by atoms with Gasteiger partial charge in [-0.3, -0.25) is 9.69 Å². The van der Waals surface area contributed by atoms with Gasteiger partial charge in [0, 0.05) is 24.4 Å². The number of hydrogen-bond donors (Lipinski definition) is 2. The lowest BCUT2D eigenvalue weighted by molar-refractivity contribution is 0.105. The lowest BCUT2D eigenvalue weighted by Crippen LogP contribution is -2.37. The fourth-order valence-electron chi connectivity index (χ4n) is 2.80. The molecule has 1 fully saturated rings. The molecule has 20 heavy (non-hydrogen) atoms. The van der Waals surface area contributed by atoms with Crippen LogP contribution in [0.5, 0.6) is 0 Å². The molecule has 2 N–H and O–H groups in total. The molecular formula is C13H16N4O3. The molecule has 3 rings (SSSR count). The molecule has 7 heteroatoms. The van der Waals surface area contributed by atoms with E-state index in [4.69, 9.17) is 0 Å². The van der Waals surface area contributed by atoms with Crippen molar-refractivity contribution in [2.75, 3.05) is 6.54 Å². The predicted molar refractivity (Wildman–Crippen MR) is 71.9 cm³/mol. The van der Waals surface area contributed by atoms with Gasteiger partial charge in [0.25, 0.3) is 5.56 Å². The second-order valence-corrected chi connectivity index (χ2v) is 5.13. The summed E-state index contributed by atoms with van der Waals surface area (Å²) in [5, 5.41) is 13.7. The summed E-state index contributed by atoms with van der Waals surface area (Å²) in [5.41, 5.74) is 1.84. The molecule has 1 amide bonds. The highest BCUT2D eigenvalue weighted by Gasteiger charge is 2.29. The minimum Gasteiger partial charge on any atom is -0.465 e. The number of piperidine rings is 1. The van der Waals surface area contributed by atoms with Gasteiger partial charge in [-0.05, 0) is 26.2 Å². The summed E-state index contributed by atoms with van der Waals surface area (Å²) in [6.07, 6.45) is 1.71. The molecule has 0 bridgehead atoms. The van der Waals surface area contributed by atoms with Gasteiger partial charge in [-0.2, -0.15) is 5.10 Å². The first-order valence-corrected chi connectivity index (χ1v) is 6.65. The average Bonchev–Trinajstić information content (AvgIpc) is 2.82. The number of fused-ring (bicyclic) bond motifs is 1. The Kier molecular flexibility index (Phi) is 2.96. The standard InChI is InChI=1S/C13H16N4O3/c1-8-6-12(18)14-11-7-9(15-17(8)11)10-4-2-3-5-16(10)13(19)20/h6-7,10H,2-5H2,1H3,(H,14,18)(H,19,20)/t10-/m0/s1. The van der Waals surface area contributed by atoms with E-state index in [0.717, 1.165) is 25.0 Å². The Morgan fingerprint density at radius 1 is 1.45 bits per heavy atom. The maximum absolute atomic E-state index is 11.5. The lowest BCUT2D eigenvalue weighted by Gasteiger charge is -2.32. The number of nitrogens with zero attached hydrogens (tertiary/aromatic N) is 3. The average molecular weight is 276 g/mol. The molecular weight excluding hydrogens is 260 g/mol. The van der Waals surface area contributed by atoms with E-state index in [1.165, 1.54) is 11.0 Å². The topological polar surface area (TPSA) is 90.7 Å². The summed E-state index contributed by atoms with van der Waals surface area (Å²) in [6, 6.07) is 3.00. The molecule has 2 aromatic rings. The molecule has 1 aliphatic rings. The minimum absolute atomic E-state index is 0.180. The summed E-state index contributed by atoms with van der Waals surface area (Å²) in [4.78, 5) is 26.9. The van der Waals surface area contributed by atoms with Gasteiger partial charge in [0.2, 0.25) is 0 Å². The zero-order chi connectivity index (χ0) is 14.3. The third-order valence-corrected chi connectivity index (χ3v) is 3.74. The van der Waals surface area contributed by atoms with E-state index in [0.29, 0.717) is 17.9 Å². The van der Waals surface area contributed by atoms with Gasteiger partial charge < -0.3 is 10.1 Å². The van der Waals surface area contributed by atoms with E-state index in [1.54, 1.807) is 17.5 Å². The normalized spacial score (nSPS) is 19.4. The van der Waals surface area contributed by atoms with Crippen LogP contribution < -0.4 is 5.56 Å². The first kappa shape index (κ1) is 12.7. The number of nitrogens with one attached hydrogen (secondary N) is 1. The highest BCUT2D eigenvalue weighted by Crippen LogP contribution is 2.30. The Morgan fingerprint density at radius 2 is 2.25 bits per heavy atom. The molecule has 0 saturated carbocycles. The minimum atomic E-state index is -0.919. The number of carbonyl (C=O) groups is 1. The van der Waals surface area contributed by atoms with Gasteiger partial charge in [-0.15, -0.1) is 0 Å². The third-order valence-electron chi connectivity index (χ3n) is 3.74. The van der Waals surface area contributed by atoms with Crippen molar-refractivity contribution in [1.29, 1.82) is 0 Å². The summed E-state index contributed by atoms with van der Waals surface area (Å²) in [6.45, 7) is 2.33. The van der Waals surface area contributed by atoms with Crippen molar-refractivity contribution in [3.05, 3.63) is 33.9 Å². The van der Waals surface area contributed by atoms with Crippen molar-refractivity contribution >= 4 is 11.7 Å². The molecule has 1 saturated heterocycles. The van der Waals surface area contributed by atoms with Crippen LogP contribution >= 0.6 is 0 Å². The maximum Gasteiger partial charge on any atom is 0.407 e. The number of aryl methyl sites for hydroxylation is 1. The second kappa shape index (κ2) is 4.66. The molecule has 7 nitrogen and oxygen atoms in total. The van der Waals surface area contributed by atoms with Crippen LogP contribution in [0.15, 0.2) is 16.9 Å². The number of hydrogen-bond acceptors (Lipinski definition) is 3. The van der Waals surface area contributed by atoms with Gasteiger partial charge >= 0.3 is 6.09 Å². The van der Waals surface area contributed by atoms with Crippen LogP contribution in [0.1, 0.15) is 36.7 Å². The Balaban J connectivity index is 2.07. The van der Waals surface area contributed by atoms with Gasteiger partial charge in [0.05, 0.1) is 11.7 Å². The molecule has 3 heterocycles. The van der Waals surface area contributed by atoms with Crippen LogP contribution in [0.2, 0.25) is 0 Å². The summed E-state index contributed by atoms with van der Waals surface area (Å²) >= 11 is 0. The highest BCUT2D eigenvalue weighted by atomic mass is 16.4. The van der Waals surface area contributed by atoms with E-state index >= 15 is 0 Å². The van der Waals surface area contributed by atoms with Gasteiger partial charge in [-0.25, -0.2) is 9.31 Å². The SMILES string of the molecule is Cc1cc(=O)[nH]c2cc([C@@H]3CCCCN3C(=O)O)nn12. The van der Waals surface area contributed by atoms with Crippen LogP contribution in [-0.4, -0.2) is 37.2 Å². The fraction of sp³-hybridized carbons (Fsp3) is 0.462. The zero-order valence-electron chi connectivity index (χ0n) is 11.2. The van der Waals surface area contributed by atoms with Crippen molar-refractivity contribution in [3.63, 3.8) is 0 Å². The molecule has 0 spiro atoms. The first-order valence-electron chi connectivity index (χ1n) is 6.65. The van der Waals surface area contributed by atoms with E-state index < -0.39 is 6.09 Å². The quantitative estimate of drug-likeness (QED) is 0.826. The highest BCUT2D eigenvalue weighted by molar-refractivity contribution is 5.66. The Bertz CT molecular complexity index is 718. The number of likely N-dealkylation sites (tertiary alicyclic amines) is 1. The van der Waals surface area contributed by atoms with E-state index in [1.807, 2.05) is 0 Å². The van der Waals surface area contributed by atoms with Gasteiger partial charge in [0.1, 0.15) is 5.65 Å². The van der Waals surface area contributed by atoms with Crippen molar-refractivity contribution in [3.8, 4) is 0 Å². The summed E-state index contributed by atoms with van der Waals surface area (Å²) in [5.74, 6) is 0. The number of aromatic nitrogens is 3. The fourth-order valence-corrected chi connectivity index (χ4v) is 2.80. The van der Waals surface area contributed by atoms with Crippen LogP contribution in [-0.2, 0) is 0 Å². The molecule has 1 atom stereocenters. The van der Waals surface area contributed by atoms with Crippen molar-refractivity contribution < 1.29 is 9.90 Å². The van der Waals surface area contributed by atoms with Crippen molar-refractivity contribution in [2.24, 2.45) is 0 Å². The smallest absolute Gasteiger partial charge is 0.407 e. The summed E-state index contributed by atoms with van der Waals surface area (Å²) < 4.78 is 1.64. The Labute approximate surface area is 114 Å². The largest absolute Gasteiger partial charge is 0.465 e. The molecule has 106 valence electrons. The van der Waals surface area contributed by atoms with Crippen LogP contribution in [0.4, 0.5) is 4.79 Å². The number of aromatic amines is 1. The first-order chi connectivity index (χ1) is 9.56. The number of carboxylic acid groups (broad SMARTS) is 1. The molecule has 2 aromatic heterocycles. The van der Waals surface area contributed by atoms with Crippen LogP contribution in [0.3, 0.4) is 0 Å². The summed E-state index contributed by atoms with van der Waals surface area (Å²) in [7, 11) is 0. The van der Waals surface area contributed by atoms with E-state index in [2.05, 4.69) is 10.1 Å². The number of H-pyrrole nitrogens is 1. The van der Waals surface area contributed by atoms with E-state index in [-0.39, 0.29) is 11.6 Å². The van der Waals surface area contributed by atoms with Gasteiger partial charge in [0.15, 0.2) is 0 Å². The molecule has 0 aromatic carbocycles. The monoisotopic (exact) mass is 276 g/mol. The third kappa shape index (κ3) is 2.04. The van der Waals surface area contributed by atoms with Crippen molar-refractivity contribution in [2.45, 2.75) is 32.2 Å². The molecule has 1 aliphatic heterocycles. The number of amides is 1. The molecule has 0 unspecified atom stereocenters. The van der Waals surface area contributed by atoms with Crippen LogP contribution in [0.25, 0.3) is 5.65 Å². The molecule has 0 radical (unpaired) electrons. The Morgan fingerprint density at radius 3 is 3.00 bits per heavy atom. The molecule has 0 aliphatic carbocycles. The zero-order valence-corrected chi connectivity index (χ0v) is 11.2. The van der Waals surface area contributed by atoms with Crippen molar-refractivity contribution in [1.82, 2.24) is 19.5 Å². The lowest BCUT2D eigenvalue weighted by atomic mass is 10.00. The Hall–Kier alpha value is -2.31. The predicted octanol–water partition coefficient (Wildman–Crippen LogP) is 1.54. The second-order valence-electron chi connectivity index (χ2n) is 5.13. The van der Waals surface area contributed by atoms with Gasteiger partial charge in [-0.1, -0.05) is 0 Å². The van der Waals surface area contributed by atoms with E-state index in [9.17, 15) is 14.7 Å². The number of rotatable bonds is 1. The maximum atomic E-state index is 11.5.